The highest BCUT2D eigenvalue weighted by Crippen LogP contribution is 2.60. The molecule has 3 fully saturated rings. The minimum Gasteiger partial charge on any atom is -0.508 e. The third-order valence-electron chi connectivity index (χ3n) is 6.94. The number of fused-ring (bicyclic) bond motifs is 3. The van der Waals surface area contributed by atoms with E-state index < -0.39 is 85.8 Å². The summed E-state index contributed by atoms with van der Waals surface area (Å²) in [6.45, 7) is 2.96. The van der Waals surface area contributed by atoms with Gasteiger partial charge in [0.05, 0.1) is 31.0 Å². The Morgan fingerprint density at radius 2 is 1.72 bits per heavy atom. The minimum atomic E-state index is -1.64. The zero-order valence-electron chi connectivity index (χ0n) is 19.8. The quantitative estimate of drug-likeness (QED) is 0.202. The maximum absolute atomic E-state index is 12.7. The molecule has 6 N–H and O–H groups in total. The van der Waals surface area contributed by atoms with Crippen LogP contribution in [-0.2, 0) is 23.7 Å². The maximum Gasteiger partial charge on any atom is 0.338 e. The van der Waals surface area contributed by atoms with Gasteiger partial charge in [0.2, 0.25) is 6.29 Å². The van der Waals surface area contributed by atoms with Crippen molar-refractivity contribution in [2.75, 3.05) is 13.2 Å². The van der Waals surface area contributed by atoms with E-state index in [1.807, 2.05) is 13.8 Å². The van der Waals surface area contributed by atoms with Crippen molar-refractivity contribution in [2.45, 2.75) is 68.7 Å². The van der Waals surface area contributed by atoms with Crippen molar-refractivity contribution >= 4 is 5.97 Å². The lowest BCUT2D eigenvalue weighted by atomic mass is 9.85. The molecule has 36 heavy (non-hydrogen) atoms. The smallest absolute Gasteiger partial charge is 0.338 e. The summed E-state index contributed by atoms with van der Waals surface area (Å²) >= 11 is 0. The number of ether oxygens (including phenoxy) is 5. The van der Waals surface area contributed by atoms with E-state index in [9.17, 15) is 35.4 Å². The van der Waals surface area contributed by atoms with Gasteiger partial charge in [-0.1, -0.05) is 13.8 Å². The third kappa shape index (κ3) is 4.48. The second-order valence-electron chi connectivity index (χ2n) is 8.84. The molecule has 3 heterocycles. The largest absolute Gasteiger partial charge is 0.508 e. The van der Waals surface area contributed by atoms with Crippen LogP contribution in [0.5, 0.6) is 5.75 Å². The Morgan fingerprint density at radius 1 is 1.03 bits per heavy atom. The van der Waals surface area contributed by atoms with Gasteiger partial charge in [0.25, 0.3) is 0 Å². The summed E-state index contributed by atoms with van der Waals surface area (Å²) in [4.78, 5) is 12.7. The highest BCUT2D eigenvalue weighted by Gasteiger charge is 2.77. The molecule has 0 aromatic heterocycles. The average Bonchev–Trinajstić information content (AvgIpc) is 3.58. The first-order chi connectivity index (χ1) is 17.3. The van der Waals surface area contributed by atoms with Crippen LogP contribution in [0, 0.1) is 11.8 Å². The molecule has 1 saturated carbocycles. The first-order valence-corrected chi connectivity index (χ1v) is 11.9. The molecule has 11 atom stereocenters. The molecule has 1 aromatic rings. The van der Waals surface area contributed by atoms with E-state index in [-0.39, 0.29) is 11.3 Å². The van der Waals surface area contributed by atoms with Crippen molar-refractivity contribution in [3.63, 3.8) is 0 Å². The average molecular weight is 513 g/mol. The molecule has 0 spiro atoms. The number of aliphatic hydroxyl groups is 5. The number of hydrogen-bond donors (Lipinski definition) is 6. The molecular weight excluding hydrogens is 480 g/mol. The Kier molecular flexibility index (Phi) is 7.88. The number of phenolic OH excluding ortho intramolecular Hbond substituents is 1. The standard InChI is InChI=1S/C22H26O12.C2H6/c23-7-12-14(26)15(27)16(28)21(31-12)33-20-13-11(5-6-30-20)17(18-22(13,8-24)34-18)32-19(29)9-1-3-10(25)4-2-9;1-2/h1-6,11-18,20-21,23-28H,7-8H2;1-2H3/t11-,12-,13-,14-,15-,16-,17+,18+,20+,21+,22-;/m1./s1. The number of aromatic hydroxyl groups is 1. The highest BCUT2D eigenvalue weighted by atomic mass is 16.8. The van der Waals surface area contributed by atoms with Crippen LogP contribution >= 0.6 is 0 Å². The zero-order valence-corrected chi connectivity index (χ0v) is 19.8. The summed E-state index contributed by atoms with van der Waals surface area (Å²) in [5.74, 6) is -1.78. The molecule has 0 bridgehead atoms. The number of carbonyl (C=O) groups is 1. The lowest BCUT2D eigenvalue weighted by Crippen LogP contribution is -2.60. The fourth-order valence-corrected chi connectivity index (χ4v) is 5.08. The molecule has 0 radical (unpaired) electrons. The van der Waals surface area contributed by atoms with Crippen molar-refractivity contribution < 1.29 is 59.1 Å². The molecule has 4 aliphatic rings. The van der Waals surface area contributed by atoms with E-state index in [4.69, 9.17) is 23.7 Å². The van der Waals surface area contributed by atoms with Crippen molar-refractivity contribution in [1.82, 2.24) is 0 Å². The summed E-state index contributed by atoms with van der Waals surface area (Å²) in [6, 6.07) is 5.56. The number of aliphatic hydroxyl groups excluding tert-OH is 5. The van der Waals surface area contributed by atoms with E-state index in [1.54, 1.807) is 6.08 Å². The molecule has 0 amide bonds. The number of benzene rings is 1. The first-order valence-electron chi connectivity index (χ1n) is 11.9. The molecule has 0 unspecified atom stereocenters. The Hall–Kier alpha value is -2.29. The number of phenols is 1. The van der Waals surface area contributed by atoms with E-state index in [1.165, 1.54) is 30.5 Å². The Labute approximate surface area is 207 Å². The number of epoxide rings is 1. The third-order valence-corrected chi connectivity index (χ3v) is 6.94. The van der Waals surface area contributed by atoms with Crippen molar-refractivity contribution in [2.24, 2.45) is 11.8 Å². The van der Waals surface area contributed by atoms with E-state index in [0.717, 1.165) is 0 Å². The van der Waals surface area contributed by atoms with Gasteiger partial charge in [0.1, 0.15) is 48.0 Å². The normalized spacial score (nSPS) is 42.3. The lowest BCUT2D eigenvalue weighted by Gasteiger charge is -2.43. The van der Waals surface area contributed by atoms with E-state index in [0.29, 0.717) is 0 Å². The van der Waals surface area contributed by atoms with Gasteiger partial charge in [-0.25, -0.2) is 4.79 Å². The fraction of sp³-hybridized carbons (Fsp3) is 0.625. The predicted octanol–water partition coefficient (Wildman–Crippen LogP) is -0.994. The summed E-state index contributed by atoms with van der Waals surface area (Å²) < 4.78 is 28.3. The van der Waals surface area contributed by atoms with Crippen LogP contribution in [0.25, 0.3) is 0 Å². The Morgan fingerprint density at radius 3 is 2.36 bits per heavy atom. The number of carbonyl (C=O) groups excluding carboxylic acids is 1. The van der Waals surface area contributed by atoms with Gasteiger partial charge < -0.3 is 54.3 Å². The van der Waals surface area contributed by atoms with Crippen LogP contribution in [0.2, 0.25) is 0 Å². The molecule has 12 heteroatoms. The highest BCUT2D eigenvalue weighted by molar-refractivity contribution is 5.89. The zero-order chi connectivity index (χ0) is 26.2. The maximum atomic E-state index is 12.7. The van der Waals surface area contributed by atoms with Gasteiger partial charge in [-0.05, 0) is 30.3 Å². The van der Waals surface area contributed by atoms with Crippen LogP contribution in [0.1, 0.15) is 24.2 Å². The number of rotatable bonds is 6. The molecule has 1 aromatic carbocycles. The minimum absolute atomic E-state index is 0.00264. The van der Waals surface area contributed by atoms with Gasteiger partial charge in [-0.2, -0.15) is 0 Å². The topological polar surface area (TPSA) is 188 Å². The summed E-state index contributed by atoms with van der Waals surface area (Å²) in [5.41, 5.74) is -0.907. The van der Waals surface area contributed by atoms with Crippen LogP contribution in [-0.4, -0.2) is 105 Å². The predicted molar refractivity (Wildman–Crippen MR) is 119 cm³/mol. The van der Waals surface area contributed by atoms with Gasteiger partial charge >= 0.3 is 5.97 Å². The first kappa shape index (κ1) is 26.8. The van der Waals surface area contributed by atoms with Crippen LogP contribution in [0.3, 0.4) is 0 Å². The molecule has 2 saturated heterocycles. The molecule has 3 aliphatic heterocycles. The molecule has 12 nitrogen and oxygen atoms in total. The fourth-order valence-electron chi connectivity index (χ4n) is 5.08. The molecule has 5 rings (SSSR count). The summed E-state index contributed by atoms with van der Waals surface area (Å²) in [6.07, 6.45) is -6.99. The van der Waals surface area contributed by atoms with Crippen molar-refractivity contribution in [3.05, 3.63) is 42.2 Å². The van der Waals surface area contributed by atoms with Crippen LogP contribution in [0.4, 0.5) is 0 Å². The Balaban J connectivity index is 0.00000148. The molecular formula is C24H32O12. The monoisotopic (exact) mass is 512 g/mol. The van der Waals surface area contributed by atoms with Crippen molar-refractivity contribution in [1.29, 1.82) is 0 Å². The van der Waals surface area contributed by atoms with Gasteiger partial charge in [0, 0.05) is 5.92 Å². The van der Waals surface area contributed by atoms with Crippen molar-refractivity contribution in [3.8, 4) is 5.75 Å². The van der Waals surface area contributed by atoms with Crippen LogP contribution in [0.15, 0.2) is 36.6 Å². The van der Waals surface area contributed by atoms with E-state index in [2.05, 4.69) is 0 Å². The number of esters is 1. The number of hydrogen-bond acceptors (Lipinski definition) is 12. The lowest BCUT2D eigenvalue weighted by molar-refractivity contribution is -0.344. The Bertz CT molecular complexity index is 936. The van der Waals surface area contributed by atoms with Gasteiger partial charge in [0.15, 0.2) is 6.29 Å². The second kappa shape index (κ2) is 10.6. The summed E-state index contributed by atoms with van der Waals surface area (Å²) in [5, 5.41) is 59.3. The molecule has 200 valence electrons. The van der Waals surface area contributed by atoms with Crippen LogP contribution < -0.4 is 0 Å². The summed E-state index contributed by atoms with van der Waals surface area (Å²) in [7, 11) is 0. The second-order valence-corrected chi connectivity index (χ2v) is 8.84. The SMILES string of the molecule is CC.O=C(O[C@H]1[C@@H]2C=CO[C@@H](O[C@@H]3O[C@H](CO)[C@@H](O)[C@@H](O)[C@H]3O)[C@@H]2[C@@]2(CO)O[C@@H]12)c1ccc(O)cc1. The van der Waals surface area contributed by atoms with Gasteiger partial charge in [-0.15, -0.1) is 0 Å². The molecule has 1 aliphatic carbocycles. The van der Waals surface area contributed by atoms with E-state index >= 15 is 0 Å². The van der Waals surface area contributed by atoms with Gasteiger partial charge in [-0.3, -0.25) is 0 Å².